The molecule has 6 nitrogen and oxygen atoms in total. The third kappa shape index (κ3) is 6.64. The first-order valence-corrected chi connectivity index (χ1v) is 8.31. The first-order valence-electron chi connectivity index (χ1n) is 8.31. The zero-order chi connectivity index (χ0) is 20.5. The Morgan fingerprint density at radius 1 is 1.11 bits per heavy atom. The van der Waals surface area contributed by atoms with Crippen molar-refractivity contribution in [3.05, 3.63) is 71.8 Å². The van der Waals surface area contributed by atoms with E-state index < -0.39 is 42.1 Å². The van der Waals surface area contributed by atoms with E-state index in [1.54, 1.807) is 6.08 Å². The molecule has 0 bridgehead atoms. The summed E-state index contributed by atoms with van der Waals surface area (Å²) in [6, 6.07) is 11.7. The van der Waals surface area contributed by atoms with Gasteiger partial charge in [-0.05, 0) is 30.7 Å². The highest BCUT2D eigenvalue weighted by molar-refractivity contribution is 5.96. The number of anilines is 1. The lowest BCUT2D eigenvalue weighted by molar-refractivity contribution is -0.152. The van der Waals surface area contributed by atoms with Gasteiger partial charge in [-0.2, -0.15) is 0 Å². The number of amides is 2. The van der Waals surface area contributed by atoms with Gasteiger partial charge in [0.15, 0.2) is 6.10 Å². The quantitative estimate of drug-likeness (QED) is 0.564. The highest BCUT2D eigenvalue weighted by Gasteiger charge is 2.19. The summed E-state index contributed by atoms with van der Waals surface area (Å²) in [7, 11) is 0. The Kier molecular flexibility index (Phi) is 7.38. The Morgan fingerprint density at radius 2 is 1.82 bits per heavy atom. The van der Waals surface area contributed by atoms with Crippen LogP contribution in [0.1, 0.15) is 12.5 Å². The fourth-order valence-corrected chi connectivity index (χ4v) is 2.07. The van der Waals surface area contributed by atoms with E-state index in [-0.39, 0.29) is 5.69 Å². The fraction of sp³-hybridized carbons (Fsp3) is 0.150. The Labute approximate surface area is 160 Å². The van der Waals surface area contributed by atoms with Crippen LogP contribution in [0.15, 0.2) is 54.6 Å². The van der Waals surface area contributed by atoms with Gasteiger partial charge in [-0.25, -0.2) is 8.78 Å². The van der Waals surface area contributed by atoms with Crippen LogP contribution in [0.4, 0.5) is 14.5 Å². The van der Waals surface area contributed by atoms with Gasteiger partial charge >= 0.3 is 5.97 Å². The van der Waals surface area contributed by atoms with Gasteiger partial charge in [0, 0.05) is 12.1 Å². The van der Waals surface area contributed by atoms with Gasteiger partial charge in [-0.1, -0.05) is 30.3 Å². The molecule has 28 heavy (non-hydrogen) atoms. The number of hydrogen-bond donors (Lipinski definition) is 2. The first kappa shape index (κ1) is 20.8. The molecular formula is C20H18F2N2O4. The molecule has 0 aliphatic rings. The van der Waals surface area contributed by atoms with Crippen molar-refractivity contribution in [3.63, 3.8) is 0 Å². The predicted octanol–water partition coefficient (Wildman–Crippen LogP) is 2.66. The molecule has 0 saturated heterocycles. The maximum Gasteiger partial charge on any atom is 0.326 e. The smallest absolute Gasteiger partial charge is 0.326 e. The minimum Gasteiger partial charge on any atom is -0.451 e. The predicted molar refractivity (Wildman–Crippen MR) is 99.0 cm³/mol. The van der Waals surface area contributed by atoms with E-state index in [1.807, 2.05) is 30.3 Å². The zero-order valence-electron chi connectivity index (χ0n) is 14.9. The van der Waals surface area contributed by atoms with Gasteiger partial charge in [0.1, 0.15) is 18.2 Å². The summed E-state index contributed by atoms with van der Waals surface area (Å²) in [6.45, 7) is 0.840. The molecule has 0 aromatic heterocycles. The number of ether oxygens (including phenoxy) is 1. The van der Waals surface area contributed by atoms with Gasteiger partial charge in [-0.15, -0.1) is 0 Å². The van der Waals surface area contributed by atoms with Crippen molar-refractivity contribution in [3.8, 4) is 0 Å². The van der Waals surface area contributed by atoms with E-state index >= 15 is 0 Å². The summed E-state index contributed by atoms with van der Waals surface area (Å²) in [5.74, 6) is -3.89. The average molecular weight is 388 g/mol. The van der Waals surface area contributed by atoms with E-state index in [1.165, 1.54) is 13.0 Å². The second-order valence-corrected chi connectivity index (χ2v) is 5.71. The molecule has 0 fully saturated rings. The van der Waals surface area contributed by atoms with Crippen molar-refractivity contribution in [2.45, 2.75) is 13.0 Å². The van der Waals surface area contributed by atoms with Crippen LogP contribution in [0.2, 0.25) is 0 Å². The lowest BCUT2D eigenvalue weighted by Gasteiger charge is -2.14. The lowest BCUT2D eigenvalue weighted by Crippen LogP contribution is -2.35. The van der Waals surface area contributed by atoms with Crippen LogP contribution in [0.25, 0.3) is 6.08 Å². The van der Waals surface area contributed by atoms with Crippen molar-refractivity contribution in [2.75, 3.05) is 11.9 Å². The number of carbonyl (C=O) groups is 3. The molecule has 0 saturated carbocycles. The van der Waals surface area contributed by atoms with Gasteiger partial charge in [0.2, 0.25) is 5.91 Å². The molecule has 0 aliphatic heterocycles. The molecule has 0 aliphatic carbocycles. The highest BCUT2D eigenvalue weighted by atomic mass is 19.1. The summed E-state index contributed by atoms with van der Waals surface area (Å²) in [4.78, 5) is 35.4. The highest BCUT2D eigenvalue weighted by Crippen LogP contribution is 2.15. The van der Waals surface area contributed by atoms with E-state index in [9.17, 15) is 23.2 Å². The minimum atomic E-state index is -1.24. The molecule has 1 atom stereocenters. The summed E-state index contributed by atoms with van der Waals surface area (Å²) in [5.41, 5.74) is 0.576. The van der Waals surface area contributed by atoms with Crippen molar-refractivity contribution in [1.29, 1.82) is 0 Å². The molecule has 0 heterocycles. The topological polar surface area (TPSA) is 84.5 Å². The Bertz CT molecular complexity index is 885. The van der Waals surface area contributed by atoms with E-state index in [2.05, 4.69) is 10.6 Å². The maximum atomic E-state index is 13.5. The zero-order valence-corrected chi connectivity index (χ0v) is 14.9. The van der Waals surface area contributed by atoms with Gasteiger partial charge < -0.3 is 15.4 Å². The third-order valence-corrected chi connectivity index (χ3v) is 3.50. The molecule has 0 spiro atoms. The van der Waals surface area contributed by atoms with Crippen LogP contribution in [-0.4, -0.2) is 30.4 Å². The fourth-order valence-electron chi connectivity index (χ4n) is 2.07. The largest absolute Gasteiger partial charge is 0.451 e. The standard InChI is InChI=1S/C20H18F2N2O4/c1-13(20(27)24-17-9-8-15(21)11-16(17)22)28-19(26)12-23-18(25)10-7-14-5-3-2-4-6-14/h2-11,13H,12H2,1H3,(H,23,25)(H,24,27)/b10-7+/t13-/m1/s1. The molecule has 146 valence electrons. The minimum absolute atomic E-state index is 0.242. The van der Waals surface area contributed by atoms with Crippen LogP contribution >= 0.6 is 0 Å². The summed E-state index contributed by atoms with van der Waals surface area (Å²) >= 11 is 0. The van der Waals surface area contributed by atoms with E-state index in [0.29, 0.717) is 6.07 Å². The normalized spacial score (nSPS) is 11.7. The van der Waals surface area contributed by atoms with E-state index in [4.69, 9.17) is 4.74 Å². The number of esters is 1. The van der Waals surface area contributed by atoms with Crippen molar-refractivity contribution >= 4 is 29.5 Å². The second kappa shape index (κ2) is 9.96. The second-order valence-electron chi connectivity index (χ2n) is 5.71. The molecule has 2 aromatic carbocycles. The number of hydrogen-bond acceptors (Lipinski definition) is 4. The summed E-state index contributed by atoms with van der Waals surface area (Å²) in [5, 5.41) is 4.52. The lowest BCUT2D eigenvalue weighted by atomic mass is 10.2. The molecule has 2 N–H and O–H groups in total. The molecule has 0 radical (unpaired) electrons. The molecular weight excluding hydrogens is 370 g/mol. The number of carbonyl (C=O) groups excluding carboxylic acids is 3. The summed E-state index contributed by atoms with van der Waals surface area (Å²) < 4.78 is 31.3. The summed E-state index contributed by atoms with van der Waals surface area (Å²) in [6.07, 6.45) is 1.60. The molecule has 0 unspecified atom stereocenters. The molecule has 2 rings (SSSR count). The van der Waals surface area contributed by atoms with Crippen molar-refractivity contribution in [2.24, 2.45) is 0 Å². The van der Waals surface area contributed by atoms with Crippen LogP contribution in [0.3, 0.4) is 0 Å². The number of benzene rings is 2. The molecule has 2 aromatic rings. The SMILES string of the molecule is C[C@@H](OC(=O)CNC(=O)/C=C/c1ccccc1)C(=O)Nc1ccc(F)cc1F. The third-order valence-electron chi connectivity index (χ3n) is 3.50. The number of halogens is 2. The Balaban J connectivity index is 1.77. The average Bonchev–Trinajstić information content (AvgIpc) is 2.67. The van der Waals surface area contributed by atoms with Gasteiger partial charge in [-0.3, -0.25) is 14.4 Å². The monoisotopic (exact) mass is 388 g/mol. The van der Waals surface area contributed by atoms with Crippen LogP contribution in [0, 0.1) is 11.6 Å². The van der Waals surface area contributed by atoms with Crippen LogP contribution < -0.4 is 10.6 Å². The van der Waals surface area contributed by atoms with Crippen LogP contribution in [0.5, 0.6) is 0 Å². The van der Waals surface area contributed by atoms with Gasteiger partial charge in [0.05, 0.1) is 5.69 Å². The van der Waals surface area contributed by atoms with Crippen molar-refractivity contribution in [1.82, 2.24) is 5.32 Å². The van der Waals surface area contributed by atoms with Crippen LogP contribution in [-0.2, 0) is 19.1 Å². The first-order chi connectivity index (χ1) is 13.3. The molecule has 8 heteroatoms. The molecule has 2 amide bonds. The van der Waals surface area contributed by atoms with Crippen molar-refractivity contribution < 1.29 is 27.9 Å². The Hall–Kier alpha value is -3.55. The number of nitrogens with one attached hydrogen (secondary N) is 2. The number of rotatable bonds is 7. The maximum absolute atomic E-state index is 13.5. The van der Waals surface area contributed by atoms with Gasteiger partial charge in [0.25, 0.3) is 5.91 Å². The van der Waals surface area contributed by atoms with E-state index in [0.717, 1.165) is 17.7 Å². The Morgan fingerprint density at radius 3 is 2.50 bits per heavy atom.